The van der Waals surface area contributed by atoms with Crippen molar-refractivity contribution in [3.63, 3.8) is 0 Å². The van der Waals surface area contributed by atoms with Gasteiger partial charge in [0.2, 0.25) is 0 Å². The highest BCUT2D eigenvalue weighted by atomic mass is 16.3. The van der Waals surface area contributed by atoms with Crippen molar-refractivity contribution in [1.29, 1.82) is 0 Å². The quantitative estimate of drug-likeness (QED) is 0.797. The van der Waals surface area contributed by atoms with Gasteiger partial charge in [0.25, 0.3) is 5.91 Å². The molecule has 0 fully saturated rings. The van der Waals surface area contributed by atoms with Crippen LogP contribution >= 0.6 is 0 Å². The first-order chi connectivity index (χ1) is 8.06. The standard InChI is InChI=1S/C14H21NO2/c1-4-5-6-9-15(3)14(17)12-8-7-11(2)13(16)10-12/h7-8,10,16H,4-6,9H2,1-3H3. The van der Waals surface area contributed by atoms with Crippen molar-refractivity contribution in [1.82, 2.24) is 4.90 Å². The van der Waals surface area contributed by atoms with Crippen LogP contribution in [0.1, 0.15) is 42.1 Å². The lowest BCUT2D eigenvalue weighted by Crippen LogP contribution is -2.27. The third-order valence-corrected chi connectivity index (χ3v) is 2.90. The molecule has 1 N–H and O–H groups in total. The van der Waals surface area contributed by atoms with Crippen LogP contribution in [0, 0.1) is 6.92 Å². The lowest BCUT2D eigenvalue weighted by Gasteiger charge is -2.17. The lowest BCUT2D eigenvalue weighted by molar-refractivity contribution is 0.0792. The van der Waals surface area contributed by atoms with Gasteiger partial charge in [-0.1, -0.05) is 25.8 Å². The number of unbranched alkanes of at least 4 members (excludes halogenated alkanes) is 2. The summed E-state index contributed by atoms with van der Waals surface area (Å²) in [6, 6.07) is 5.06. The van der Waals surface area contributed by atoms with Gasteiger partial charge in [0.05, 0.1) is 0 Å². The molecule has 0 aliphatic heterocycles. The molecule has 0 unspecified atom stereocenters. The van der Waals surface area contributed by atoms with E-state index >= 15 is 0 Å². The predicted molar refractivity (Wildman–Crippen MR) is 69.3 cm³/mol. The highest BCUT2D eigenvalue weighted by Gasteiger charge is 2.12. The van der Waals surface area contributed by atoms with Gasteiger partial charge in [-0.15, -0.1) is 0 Å². The van der Waals surface area contributed by atoms with E-state index in [1.807, 2.05) is 6.92 Å². The molecule has 3 nitrogen and oxygen atoms in total. The molecule has 0 aliphatic carbocycles. The maximum atomic E-state index is 12.0. The second-order valence-electron chi connectivity index (χ2n) is 4.44. The van der Waals surface area contributed by atoms with Crippen LogP contribution in [-0.2, 0) is 0 Å². The predicted octanol–water partition coefficient (Wildman–Crippen LogP) is 2.96. The van der Waals surface area contributed by atoms with Gasteiger partial charge in [0.15, 0.2) is 0 Å². The summed E-state index contributed by atoms with van der Waals surface area (Å²) >= 11 is 0. The van der Waals surface area contributed by atoms with E-state index in [0.29, 0.717) is 5.56 Å². The summed E-state index contributed by atoms with van der Waals surface area (Å²) < 4.78 is 0. The van der Waals surface area contributed by atoms with Crippen molar-refractivity contribution in [2.75, 3.05) is 13.6 Å². The van der Waals surface area contributed by atoms with E-state index in [4.69, 9.17) is 0 Å². The van der Waals surface area contributed by atoms with Crippen LogP contribution in [-0.4, -0.2) is 29.5 Å². The van der Waals surface area contributed by atoms with Gasteiger partial charge in [0.1, 0.15) is 5.75 Å². The Morgan fingerprint density at radius 2 is 2.06 bits per heavy atom. The largest absolute Gasteiger partial charge is 0.508 e. The molecule has 1 aromatic rings. The molecule has 1 amide bonds. The fourth-order valence-electron chi connectivity index (χ4n) is 1.66. The van der Waals surface area contributed by atoms with Gasteiger partial charge >= 0.3 is 0 Å². The van der Waals surface area contributed by atoms with Crippen LogP contribution in [0.3, 0.4) is 0 Å². The highest BCUT2D eigenvalue weighted by molar-refractivity contribution is 5.94. The Kier molecular flexibility index (Phi) is 5.01. The summed E-state index contributed by atoms with van der Waals surface area (Å²) in [5.41, 5.74) is 1.34. The Hall–Kier alpha value is -1.51. The highest BCUT2D eigenvalue weighted by Crippen LogP contribution is 2.18. The van der Waals surface area contributed by atoms with Crippen molar-refractivity contribution in [2.24, 2.45) is 0 Å². The minimum atomic E-state index is -0.0311. The second kappa shape index (κ2) is 6.28. The van der Waals surface area contributed by atoms with E-state index in [-0.39, 0.29) is 11.7 Å². The number of carbonyl (C=O) groups is 1. The van der Waals surface area contributed by atoms with E-state index in [2.05, 4.69) is 6.92 Å². The van der Waals surface area contributed by atoms with Gasteiger partial charge in [-0.3, -0.25) is 4.79 Å². The smallest absolute Gasteiger partial charge is 0.253 e. The van der Waals surface area contributed by atoms with E-state index < -0.39 is 0 Å². The normalized spacial score (nSPS) is 10.3. The number of amides is 1. The molecule has 0 aliphatic rings. The van der Waals surface area contributed by atoms with Gasteiger partial charge in [-0.2, -0.15) is 0 Å². The zero-order valence-corrected chi connectivity index (χ0v) is 10.9. The number of aromatic hydroxyl groups is 1. The number of nitrogens with zero attached hydrogens (tertiary/aromatic N) is 1. The molecular weight excluding hydrogens is 214 g/mol. The minimum absolute atomic E-state index is 0.0311. The van der Waals surface area contributed by atoms with Crippen molar-refractivity contribution in [3.05, 3.63) is 29.3 Å². The molecule has 0 spiro atoms. The average Bonchev–Trinajstić information content (AvgIpc) is 2.32. The van der Waals surface area contributed by atoms with Crippen LogP contribution in [0.2, 0.25) is 0 Å². The van der Waals surface area contributed by atoms with Crippen LogP contribution in [0.5, 0.6) is 5.75 Å². The van der Waals surface area contributed by atoms with Crippen LogP contribution in [0.4, 0.5) is 0 Å². The van der Waals surface area contributed by atoms with Crippen molar-refractivity contribution < 1.29 is 9.90 Å². The van der Waals surface area contributed by atoms with E-state index in [1.165, 1.54) is 6.07 Å². The number of phenols is 1. The SMILES string of the molecule is CCCCCN(C)C(=O)c1ccc(C)c(O)c1. The summed E-state index contributed by atoms with van der Waals surface area (Å²) in [7, 11) is 1.80. The maximum absolute atomic E-state index is 12.0. The molecule has 0 saturated heterocycles. The molecule has 0 bridgehead atoms. The van der Waals surface area contributed by atoms with Crippen LogP contribution in [0.15, 0.2) is 18.2 Å². The Labute approximate surface area is 103 Å². The van der Waals surface area contributed by atoms with Crippen molar-refractivity contribution in [2.45, 2.75) is 33.1 Å². The number of phenolic OH excluding ortho intramolecular Hbond substituents is 1. The molecule has 0 atom stereocenters. The summed E-state index contributed by atoms with van der Waals surface area (Å²) in [6.45, 7) is 4.72. The number of aryl methyl sites for hydroxylation is 1. The Bertz CT molecular complexity index is 388. The summed E-state index contributed by atoms with van der Waals surface area (Å²) in [5.74, 6) is 0.147. The minimum Gasteiger partial charge on any atom is -0.508 e. The first kappa shape index (κ1) is 13.6. The molecule has 0 saturated carbocycles. The zero-order valence-electron chi connectivity index (χ0n) is 10.9. The monoisotopic (exact) mass is 235 g/mol. The summed E-state index contributed by atoms with van der Waals surface area (Å²) in [5, 5.41) is 9.57. The lowest BCUT2D eigenvalue weighted by atomic mass is 10.1. The third kappa shape index (κ3) is 3.77. The fraction of sp³-hybridized carbons (Fsp3) is 0.500. The molecule has 0 radical (unpaired) electrons. The molecular formula is C14H21NO2. The summed E-state index contributed by atoms with van der Waals surface area (Å²) in [6.07, 6.45) is 3.31. The van der Waals surface area contributed by atoms with Crippen molar-refractivity contribution >= 4 is 5.91 Å². The molecule has 3 heteroatoms. The van der Waals surface area contributed by atoms with Crippen LogP contribution in [0.25, 0.3) is 0 Å². The molecule has 17 heavy (non-hydrogen) atoms. The number of benzene rings is 1. The number of hydrogen-bond donors (Lipinski definition) is 1. The Morgan fingerprint density at radius 3 is 2.65 bits per heavy atom. The van der Waals surface area contributed by atoms with E-state index in [9.17, 15) is 9.90 Å². The second-order valence-corrected chi connectivity index (χ2v) is 4.44. The maximum Gasteiger partial charge on any atom is 0.253 e. The first-order valence-electron chi connectivity index (χ1n) is 6.11. The third-order valence-electron chi connectivity index (χ3n) is 2.90. The fourth-order valence-corrected chi connectivity index (χ4v) is 1.66. The Balaban J connectivity index is 2.65. The Morgan fingerprint density at radius 1 is 1.35 bits per heavy atom. The molecule has 1 aromatic carbocycles. The van der Waals surface area contributed by atoms with Gasteiger partial charge < -0.3 is 10.0 Å². The first-order valence-corrected chi connectivity index (χ1v) is 6.11. The zero-order chi connectivity index (χ0) is 12.8. The van der Waals surface area contributed by atoms with Crippen molar-refractivity contribution in [3.8, 4) is 5.75 Å². The number of carbonyl (C=O) groups excluding carboxylic acids is 1. The molecule has 94 valence electrons. The summed E-state index contributed by atoms with van der Waals surface area (Å²) in [4.78, 5) is 13.7. The number of rotatable bonds is 5. The van der Waals surface area contributed by atoms with Gasteiger partial charge in [-0.25, -0.2) is 0 Å². The van der Waals surface area contributed by atoms with Crippen LogP contribution < -0.4 is 0 Å². The topological polar surface area (TPSA) is 40.5 Å². The molecule has 0 aromatic heterocycles. The average molecular weight is 235 g/mol. The van der Waals surface area contributed by atoms with Gasteiger partial charge in [0, 0.05) is 19.2 Å². The van der Waals surface area contributed by atoms with Gasteiger partial charge in [-0.05, 0) is 31.0 Å². The number of hydrogen-bond acceptors (Lipinski definition) is 2. The van der Waals surface area contributed by atoms with E-state index in [1.54, 1.807) is 24.1 Å². The molecule has 1 rings (SSSR count). The molecule has 0 heterocycles. The van der Waals surface area contributed by atoms with E-state index in [0.717, 1.165) is 31.4 Å².